The number of Topliss-reactive ketones (excluding diaryl/α,β-unsaturated/α-hetero) is 1. The van der Waals surface area contributed by atoms with Crippen LogP contribution in [0.2, 0.25) is 0 Å². The number of carbonyl (C=O) groups is 1. The zero-order chi connectivity index (χ0) is 37.8. The third kappa shape index (κ3) is 31.0. The van der Waals surface area contributed by atoms with Gasteiger partial charge in [-0.1, -0.05) is 30.2 Å². The molecular weight excluding hydrogens is 631 g/mol. The highest BCUT2D eigenvalue weighted by molar-refractivity contribution is 5.94. The van der Waals surface area contributed by atoms with E-state index in [0.717, 1.165) is 0 Å². The van der Waals surface area contributed by atoms with Crippen LogP contribution >= 0.6 is 0 Å². The van der Waals surface area contributed by atoms with Gasteiger partial charge < -0.3 is 0 Å². The van der Waals surface area contributed by atoms with Crippen molar-refractivity contribution in [3.8, 4) is 237 Å². The molecule has 0 N–H and O–H groups in total. The minimum Gasteiger partial charge on any atom is -0.295 e. The fourth-order valence-corrected chi connectivity index (χ4v) is 1.96. The van der Waals surface area contributed by atoms with E-state index in [1.165, 1.54) is 6.92 Å². The first kappa shape index (κ1) is 41.6. The summed E-state index contributed by atoms with van der Waals surface area (Å²) in [6.07, 6.45) is 4.93. The molecule has 0 saturated carbocycles. The summed E-state index contributed by atoms with van der Waals surface area (Å²) in [5.74, 6) is 96.9. The van der Waals surface area contributed by atoms with Crippen molar-refractivity contribution in [1.29, 1.82) is 0 Å². The molecule has 222 valence electrons. The predicted octanol–water partition coefficient (Wildman–Crippen LogP) is 3.14. The zero-order valence-corrected chi connectivity index (χ0v) is 27.2. The number of ketones is 1. The zero-order valence-electron chi connectivity index (χ0n) is 27.2. The molecule has 52 heavy (non-hydrogen) atoms. The third-order valence-corrected chi connectivity index (χ3v) is 3.85. The van der Waals surface area contributed by atoms with E-state index in [0.29, 0.717) is 11.3 Å². The van der Waals surface area contributed by atoms with Gasteiger partial charge in [0.15, 0.2) is 11.5 Å². The van der Waals surface area contributed by atoms with Crippen molar-refractivity contribution >= 4 is 11.5 Å². The van der Waals surface area contributed by atoms with Crippen LogP contribution < -0.4 is 0 Å². The minimum atomic E-state index is 0.0292. The molecule has 2 heteroatoms. The van der Waals surface area contributed by atoms with Crippen LogP contribution in [0.25, 0.3) is 4.85 Å². The van der Waals surface area contributed by atoms with E-state index in [1.807, 2.05) is 0 Å². The molecule has 0 amide bonds. The standard InChI is InChI=1S/C41H4.C9H7NO/c1-3-5-7-9-11-13-15-17-19-21-23-25-27-29-31-33-35-37-39-41-40-38-36-34-32-30-28-26-24-22-20-18-16-14-12-10-8-6-4-2;1-7(11)8-3-5-9(10-2)6-4-8/h1H,2H3;3-6H,1H3. The number of carbonyl (C=O) groups excluding carboxylic acids is 1. The number of hydrogen-bond acceptors (Lipinski definition) is 1. The highest BCUT2D eigenvalue weighted by atomic mass is 16.1. The largest absolute Gasteiger partial charge is 0.295 e. The van der Waals surface area contributed by atoms with E-state index in [-0.39, 0.29) is 5.78 Å². The van der Waals surface area contributed by atoms with Gasteiger partial charge in [-0.15, -0.1) is 6.42 Å². The van der Waals surface area contributed by atoms with Crippen LogP contribution in [0.15, 0.2) is 24.3 Å². The first-order valence-corrected chi connectivity index (χ1v) is 13.5. The summed E-state index contributed by atoms with van der Waals surface area (Å²) in [7, 11) is 0. The molecule has 0 aliphatic carbocycles. The first-order chi connectivity index (χ1) is 25.7. The van der Waals surface area contributed by atoms with E-state index in [2.05, 4.69) is 236 Å². The lowest BCUT2D eigenvalue weighted by atomic mass is 10.1. The summed E-state index contributed by atoms with van der Waals surface area (Å²) < 4.78 is 0. The summed E-state index contributed by atoms with van der Waals surface area (Å²) in [5.41, 5.74) is 1.22. The Bertz CT molecular complexity index is 2940. The van der Waals surface area contributed by atoms with Gasteiger partial charge in [-0.25, -0.2) is 4.85 Å². The number of benzene rings is 1. The van der Waals surface area contributed by atoms with E-state index in [9.17, 15) is 4.79 Å². The molecule has 1 aromatic rings. The lowest BCUT2D eigenvalue weighted by Crippen LogP contribution is -1.88. The van der Waals surface area contributed by atoms with Crippen molar-refractivity contribution in [3.05, 3.63) is 41.2 Å². The third-order valence-electron chi connectivity index (χ3n) is 3.85. The Morgan fingerprint density at radius 3 is 0.808 bits per heavy atom. The first-order valence-electron chi connectivity index (χ1n) is 13.5. The van der Waals surface area contributed by atoms with E-state index >= 15 is 0 Å². The summed E-state index contributed by atoms with van der Waals surface area (Å²) in [4.78, 5) is 14.0. The van der Waals surface area contributed by atoms with Crippen molar-refractivity contribution in [2.45, 2.75) is 13.8 Å². The summed E-state index contributed by atoms with van der Waals surface area (Å²) in [6.45, 7) is 9.86. The van der Waals surface area contributed by atoms with Crippen LogP contribution in [0, 0.1) is 244 Å². The van der Waals surface area contributed by atoms with Crippen molar-refractivity contribution < 1.29 is 4.79 Å². The molecule has 1 rings (SSSR count). The Hall–Kier alpha value is -10.4. The van der Waals surface area contributed by atoms with Crippen LogP contribution in [-0.2, 0) is 0 Å². The fourth-order valence-electron chi connectivity index (χ4n) is 1.96. The van der Waals surface area contributed by atoms with Crippen LogP contribution in [-0.4, -0.2) is 5.78 Å². The Morgan fingerprint density at radius 1 is 0.423 bits per heavy atom. The number of nitrogens with zero attached hydrogens (tertiary/aromatic N) is 1. The molecule has 0 atom stereocenters. The van der Waals surface area contributed by atoms with Gasteiger partial charge in [-0.2, -0.15) is 0 Å². The molecule has 0 unspecified atom stereocenters. The van der Waals surface area contributed by atoms with Gasteiger partial charge in [-0.3, -0.25) is 4.79 Å². The van der Waals surface area contributed by atoms with Gasteiger partial charge in [0.1, 0.15) is 0 Å². The maximum Gasteiger partial charge on any atom is 0.187 e. The lowest BCUT2D eigenvalue weighted by molar-refractivity contribution is 0.101. The second-order valence-corrected chi connectivity index (χ2v) is 7.23. The number of terminal acetylenes is 1. The quantitative estimate of drug-likeness (QED) is 0.263. The molecule has 0 bridgehead atoms. The van der Waals surface area contributed by atoms with Crippen molar-refractivity contribution in [2.24, 2.45) is 0 Å². The molecule has 0 aromatic heterocycles. The summed E-state index contributed by atoms with van der Waals surface area (Å²) >= 11 is 0. The molecule has 0 radical (unpaired) electrons. The van der Waals surface area contributed by atoms with Crippen LogP contribution in [0.3, 0.4) is 0 Å². The smallest absolute Gasteiger partial charge is 0.187 e. The minimum absolute atomic E-state index is 0.0292. The second kappa shape index (κ2) is 35.1. The Kier molecular flexibility index (Phi) is 28.0. The van der Waals surface area contributed by atoms with Gasteiger partial charge in [0.05, 0.1) is 6.57 Å². The van der Waals surface area contributed by atoms with Gasteiger partial charge in [0, 0.05) is 136 Å². The maximum atomic E-state index is 10.8. The van der Waals surface area contributed by atoms with Crippen LogP contribution in [0.4, 0.5) is 5.69 Å². The van der Waals surface area contributed by atoms with Crippen LogP contribution in [0.1, 0.15) is 24.2 Å². The van der Waals surface area contributed by atoms with Gasteiger partial charge in [0.25, 0.3) is 0 Å². The Labute approximate surface area is 307 Å². The number of hydrogen-bond donors (Lipinski definition) is 0. The molecule has 0 spiro atoms. The fraction of sp³-hybridized carbons (Fsp3) is 0.0400. The average Bonchev–Trinajstić information content (AvgIpc) is 3.16. The lowest BCUT2D eigenvalue weighted by Gasteiger charge is -1.92. The Balaban J connectivity index is 0.00000199. The normalized spacial score (nSPS) is 4.92. The average molecular weight is 642 g/mol. The molecule has 0 aliphatic heterocycles. The molecule has 2 nitrogen and oxygen atoms in total. The molecule has 0 aliphatic rings. The number of rotatable bonds is 1. The molecule has 0 fully saturated rings. The topological polar surface area (TPSA) is 21.4 Å². The molecular formula is C50H11NO. The highest BCUT2D eigenvalue weighted by Crippen LogP contribution is 2.12. The molecule has 1 aromatic carbocycles. The van der Waals surface area contributed by atoms with Crippen molar-refractivity contribution in [3.63, 3.8) is 0 Å². The van der Waals surface area contributed by atoms with E-state index in [4.69, 9.17) is 13.0 Å². The Morgan fingerprint density at radius 2 is 0.635 bits per heavy atom. The summed E-state index contributed by atoms with van der Waals surface area (Å²) in [6, 6.07) is 6.61. The predicted molar refractivity (Wildman–Crippen MR) is 205 cm³/mol. The SMILES string of the molecule is C#CC#CC#CC#CC#CC#CC#CC#CC#CC#CC#CC#CC#CC#CC#CC#CC#CC#CC#CC#CC.[C-]#[N+]c1ccc(C(C)=O)cc1. The molecule has 0 saturated heterocycles. The van der Waals surface area contributed by atoms with Gasteiger partial charge >= 0.3 is 0 Å². The van der Waals surface area contributed by atoms with Crippen molar-refractivity contribution in [1.82, 2.24) is 0 Å². The van der Waals surface area contributed by atoms with Gasteiger partial charge in [-0.05, 0) is 109 Å². The van der Waals surface area contributed by atoms with E-state index in [1.54, 1.807) is 31.2 Å². The monoisotopic (exact) mass is 641 g/mol. The second-order valence-electron chi connectivity index (χ2n) is 7.23. The maximum absolute atomic E-state index is 10.8. The van der Waals surface area contributed by atoms with Crippen LogP contribution in [0.5, 0.6) is 0 Å². The summed E-state index contributed by atoms with van der Waals surface area (Å²) in [5, 5.41) is 0. The highest BCUT2D eigenvalue weighted by Gasteiger charge is 1.96. The van der Waals surface area contributed by atoms with Gasteiger partial charge in [0.2, 0.25) is 0 Å². The van der Waals surface area contributed by atoms with E-state index < -0.39 is 0 Å². The molecule has 0 heterocycles. The van der Waals surface area contributed by atoms with Crippen molar-refractivity contribution in [2.75, 3.05) is 0 Å².